The summed E-state index contributed by atoms with van der Waals surface area (Å²) in [4.78, 5) is 17.2. The van der Waals surface area contributed by atoms with E-state index in [9.17, 15) is 4.79 Å². The van der Waals surface area contributed by atoms with Gasteiger partial charge in [0, 0.05) is 29.8 Å². The topological polar surface area (TPSA) is 48.1 Å². The zero-order chi connectivity index (χ0) is 13.2. The van der Waals surface area contributed by atoms with Crippen LogP contribution in [-0.2, 0) is 0 Å². The van der Waals surface area contributed by atoms with E-state index in [0.29, 0.717) is 11.7 Å². The van der Waals surface area contributed by atoms with Gasteiger partial charge >= 0.3 is 0 Å². The second-order valence-corrected chi connectivity index (χ2v) is 6.57. The normalized spacial score (nSPS) is 20.8. The average molecular weight is 326 g/mol. The van der Waals surface area contributed by atoms with Crippen molar-refractivity contribution in [1.29, 1.82) is 0 Å². The van der Waals surface area contributed by atoms with Crippen molar-refractivity contribution in [2.75, 3.05) is 19.6 Å². The number of H-pyrrole nitrogens is 1. The Morgan fingerprint density at radius 1 is 1.37 bits per heavy atom. The molecule has 2 aliphatic rings. The lowest BCUT2D eigenvalue weighted by molar-refractivity contribution is 0.0699. The van der Waals surface area contributed by atoms with Crippen LogP contribution in [-0.4, -0.2) is 41.5 Å². The highest BCUT2D eigenvalue weighted by molar-refractivity contribution is 9.10. The number of nitrogens with one attached hydrogen (secondary N) is 2. The van der Waals surface area contributed by atoms with Crippen molar-refractivity contribution in [1.82, 2.24) is 15.2 Å². The van der Waals surface area contributed by atoms with Crippen molar-refractivity contribution in [3.8, 4) is 0 Å². The number of aromatic nitrogens is 1. The molecule has 0 radical (unpaired) electrons. The molecule has 2 heterocycles. The molecule has 2 N–H and O–H groups in total. The first-order chi connectivity index (χ1) is 9.22. The summed E-state index contributed by atoms with van der Waals surface area (Å²) in [7, 11) is 0. The minimum atomic E-state index is 0.117. The van der Waals surface area contributed by atoms with Gasteiger partial charge in [0.25, 0.3) is 5.91 Å². The Kier molecular flexibility index (Phi) is 3.93. The van der Waals surface area contributed by atoms with Crippen molar-refractivity contribution in [2.24, 2.45) is 5.92 Å². The Hall–Kier alpha value is -0.810. The van der Waals surface area contributed by atoms with E-state index >= 15 is 0 Å². The van der Waals surface area contributed by atoms with Gasteiger partial charge in [-0.2, -0.15) is 0 Å². The molecule has 1 aromatic rings. The van der Waals surface area contributed by atoms with E-state index in [1.54, 1.807) is 6.20 Å². The molecular weight excluding hydrogens is 306 g/mol. The van der Waals surface area contributed by atoms with Crippen LogP contribution in [0.15, 0.2) is 16.7 Å². The van der Waals surface area contributed by atoms with Crippen molar-refractivity contribution in [2.45, 2.75) is 31.7 Å². The average Bonchev–Trinajstić information content (AvgIpc) is 3.17. The number of carbonyl (C=O) groups is 1. The fourth-order valence-electron chi connectivity index (χ4n) is 2.60. The van der Waals surface area contributed by atoms with E-state index in [1.165, 1.54) is 19.4 Å². The summed E-state index contributed by atoms with van der Waals surface area (Å²) in [6.07, 6.45) is 6.73. The maximum atomic E-state index is 12.2. The lowest BCUT2D eigenvalue weighted by Gasteiger charge is -2.32. The largest absolute Gasteiger partial charge is 0.356 e. The number of rotatable bonds is 4. The van der Waals surface area contributed by atoms with E-state index < -0.39 is 0 Å². The van der Waals surface area contributed by atoms with Crippen LogP contribution in [0, 0.1) is 5.92 Å². The van der Waals surface area contributed by atoms with Gasteiger partial charge in [-0.25, -0.2) is 0 Å². The molecule has 1 saturated heterocycles. The van der Waals surface area contributed by atoms with Crippen LogP contribution in [0.25, 0.3) is 0 Å². The van der Waals surface area contributed by atoms with Crippen molar-refractivity contribution in [3.05, 3.63) is 22.4 Å². The van der Waals surface area contributed by atoms with Crippen molar-refractivity contribution in [3.63, 3.8) is 0 Å². The number of amides is 1. The molecule has 1 amide bonds. The van der Waals surface area contributed by atoms with Crippen LogP contribution in [0.4, 0.5) is 0 Å². The Balaban J connectivity index is 1.47. The van der Waals surface area contributed by atoms with Gasteiger partial charge in [0.2, 0.25) is 0 Å². The molecule has 0 spiro atoms. The number of piperidine rings is 1. The van der Waals surface area contributed by atoms with Crippen molar-refractivity contribution < 1.29 is 4.79 Å². The Morgan fingerprint density at radius 3 is 2.68 bits per heavy atom. The maximum Gasteiger partial charge on any atom is 0.270 e. The minimum Gasteiger partial charge on any atom is -0.356 e. The zero-order valence-corrected chi connectivity index (χ0v) is 12.6. The monoisotopic (exact) mass is 325 g/mol. The molecule has 2 fully saturated rings. The summed E-state index contributed by atoms with van der Waals surface area (Å²) in [5, 5.41) is 3.63. The zero-order valence-electron chi connectivity index (χ0n) is 11.0. The molecule has 1 aliphatic carbocycles. The van der Waals surface area contributed by atoms with Crippen LogP contribution in [0.2, 0.25) is 0 Å². The SMILES string of the molecule is O=C(c1cc(Br)c[nH]1)N1CCC(NCC2CC2)CC1. The second-order valence-electron chi connectivity index (χ2n) is 5.65. The molecule has 1 aromatic heterocycles. The summed E-state index contributed by atoms with van der Waals surface area (Å²) in [5.74, 6) is 1.04. The molecule has 5 heteroatoms. The highest BCUT2D eigenvalue weighted by atomic mass is 79.9. The van der Waals surface area contributed by atoms with Crippen LogP contribution in [0.5, 0.6) is 0 Å². The second kappa shape index (κ2) is 5.67. The van der Waals surface area contributed by atoms with Gasteiger partial charge in [0.1, 0.15) is 5.69 Å². The van der Waals surface area contributed by atoms with E-state index in [-0.39, 0.29) is 5.91 Å². The lowest BCUT2D eigenvalue weighted by atomic mass is 10.0. The molecule has 0 aromatic carbocycles. The third kappa shape index (κ3) is 3.39. The lowest BCUT2D eigenvalue weighted by Crippen LogP contribution is -2.45. The fourth-order valence-corrected chi connectivity index (χ4v) is 2.95. The standard InChI is InChI=1S/C14H20BrN3O/c15-11-7-13(17-9-11)14(19)18-5-3-12(4-6-18)16-8-10-1-2-10/h7,9-10,12,16-17H,1-6,8H2. The Morgan fingerprint density at radius 2 is 2.11 bits per heavy atom. The van der Waals surface area contributed by atoms with Crippen molar-refractivity contribution >= 4 is 21.8 Å². The number of halogens is 1. The van der Waals surface area contributed by atoms with E-state index in [2.05, 4.69) is 26.2 Å². The van der Waals surface area contributed by atoms with Gasteiger partial charge in [-0.1, -0.05) is 0 Å². The summed E-state index contributed by atoms with van der Waals surface area (Å²) in [6, 6.07) is 2.44. The number of aromatic amines is 1. The Bertz CT molecular complexity index is 447. The number of hydrogen-bond acceptors (Lipinski definition) is 2. The van der Waals surface area contributed by atoms with Crippen LogP contribution >= 0.6 is 15.9 Å². The molecule has 3 rings (SSSR count). The quantitative estimate of drug-likeness (QED) is 0.892. The number of hydrogen-bond donors (Lipinski definition) is 2. The molecule has 1 aliphatic heterocycles. The summed E-state index contributed by atoms with van der Waals surface area (Å²) >= 11 is 3.36. The first-order valence-corrected chi connectivity index (χ1v) is 7.88. The molecule has 4 nitrogen and oxygen atoms in total. The predicted molar refractivity (Wildman–Crippen MR) is 78.1 cm³/mol. The summed E-state index contributed by atoms with van der Waals surface area (Å²) in [5.41, 5.74) is 0.677. The molecule has 104 valence electrons. The van der Waals surface area contributed by atoms with Gasteiger partial charge in [0.15, 0.2) is 0 Å². The number of likely N-dealkylation sites (tertiary alicyclic amines) is 1. The van der Waals surface area contributed by atoms with Gasteiger partial charge < -0.3 is 15.2 Å². The van der Waals surface area contributed by atoms with Gasteiger partial charge in [-0.15, -0.1) is 0 Å². The first-order valence-electron chi connectivity index (χ1n) is 7.09. The number of carbonyl (C=O) groups excluding carboxylic acids is 1. The molecule has 0 atom stereocenters. The highest BCUT2D eigenvalue weighted by Crippen LogP contribution is 2.28. The van der Waals surface area contributed by atoms with Crippen LogP contribution < -0.4 is 5.32 Å². The summed E-state index contributed by atoms with van der Waals surface area (Å²) < 4.78 is 0.928. The van der Waals surface area contributed by atoms with Gasteiger partial charge in [0.05, 0.1) is 0 Å². The highest BCUT2D eigenvalue weighted by Gasteiger charge is 2.26. The van der Waals surface area contributed by atoms with Crippen LogP contribution in [0.1, 0.15) is 36.2 Å². The first kappa shape index (κ1) is 13.2. The van der Waals surface area contributed by atoms with E-state index in [4.69, 9.17) is 0 Å². The predicted octanol–water partition coefficient (Wildman–Crippen LogP) is 2.38. The number of nitrogens with zero attached hydrogens (tertiary/aromatic N) is 1. The minimum absolute atomic E-state index is 0.117. The fraction of sp³-hybridized carbons (Fsp3) is 0.643. The Labute approximate surface area is 122 Å². The molecule has 0 bridgehead atoms. The van der Waals surface area contributed by atoms with Gasteiger partial charge in [-0.3, -0.25) is 4.79 Å². The molecule has 1 saturated carbocycles. The van der Waals surface area contributed by atoms with Gasteiger partial charge in [-0.05, 0) is 60.1 Å². The van der Waals surface area contributed by atoms with Crippen LogP contribution in [0.3, 0.4) is 0 Å². The maximum absolute atomic E-state index is 12.2. The van der Waals surface area contributed by atoms with E-state index in [0.717, 1.165) is 36.3 Å². The third-order valence-electron chi connectivity index (χ3n) is 4.05. The molecular formula is C14H20BrN3O. The molecule has 0 unspecified atom stereocenters. The third-order valence-corrected chi connectivity index (χ3v) is 4.51. The molecule has 19 heavy (non-hydrogen) atoms. The smallest absolute Gasteiger partial charge is 0.270 e. The van der Waals surface area contributed by atoms with E-state index in [1.807, 2.05) is 11.0 Å². The summed E-state index contributed by atoms with van der Waals surface area (Å²) in [6.45, 7) is 2.89.